The van der Waals surface area contributed by atoms with Gasteiger partial charge in [-0.25, -0.2) is 4.98 Å². The number of carbonyl (C=O) groups is 4. The summed E-state index contributed by atoms with van der Waals surface area (Å²) in [5, 5.41) is 4.12. The maximum absolute atomic E-state index is 14.1. The fourth-order valence-corrected chi connectivity index (χ4v) is 6.64. The van der Waals surface area contributed by atoms with Gasteiger partial charge in [0.25, 0.3) is 5.91 Å². The minimum Gasteiger partial charge on any atom is -0.491 e. The molecule has 0 saturated carbocycles. The van der Waals surface area contributed by atoms with Crippen molar-refractivity contribution in [1.82, 2.24) is 24.8 Å². The van der Waals surface area contributed by atoms with Gasteiger partial charge in [-0.2, -0.15) is 13.2 Å². The molecule has 1 fully saturated rings. The molecular weight excluding hydrogens is 791 g/mol. The van der Waals surface area contributed by atoms with E-state index in [1.54, 1.807) is 24.5 Å². The fourth-order valence-electron chi connectivity index (χ4n) is 6.64. The average molecular weight is 836 g/mol. The third-order valence-electron chi connectivity index (χ3n) is 9.76. The molecule has 1 aliphatic heterocycles. The summed E-state index contributed by atoms with van der Waals surface area (Å²) in [5.41, 5.74) is 1.94. The second-order valence-electron chi connectivity index (χ2n) is 13.7. The highest BCUT2D eigenvalue weighted by Gasteiger charge is 2.36. The second kappa shape index (κ2) is 20.3. The van der Waals surface area contributed by atoms with Gasteiger partial charge in [0.15, 0.2) is 6.29 Å². The molecule has 1 N–H and O–H groups in total. The number of aromatic nitrogens is 3. The van der Waals surface area contributed by atoms with Crippen LogP contribution in [-0.4, -0.2) is 123 Å². The van der Waals surface area contributed by atoms with Gasteiger partial charge in [0, 0.05) is 66.5 Å². The summed E-state index contributed by atoms with van der Waals surface area (Å²) in [6.07, 6.45) is 0.972. The van der Waals surface area contributed by atoms with E-state index in [4.69, 9.17) is 28.4 Å². The standard InChI is InChI=1S/C42H44F3N5O10/c1-49-35-9-10-46-25-33(35)31-6-4-27(22-37(31)49)29-21-34(42(43,44)45)40(47-24-29)60-20-18-58-16-14-56-12-11-55-13-15-57-17-19-59-30-5-3-28(26-51)32(23-30)41(54)50(2)36-7-8-38(52)48-39(36)53/h3-6,9-10,21-26,36H,7-8,11-20H2,1-2H3,(H,48,52,53). The average Bonchev–Trinajstić information content (AvgIpc) is 3.53. The molecule has 18 heteroatoms. The molecular formula is C42H44F3N5O10. The number of fused-ring (bicyclic) bond motifs is 3. The van der Waals surface area contributed by atoms with Crippen molar-refractivity contribution in [1.29, 1.82) is 0 Å². The third kappa shape index (κ3) is 10.8. The Hall–Kier alpha value is -5.95. The maximum Gasteiger partial charge on any atom is 0.421 e. The molecule has 0 bridgehead atoms. The van der Waals surface area contributed by atoms with Gasteiger partial charge >= 0.3 is 6.18 Å². The number of alkyl halides is 3. The first-order valence-electron chi connectivity index (χ1n) is 19.1. The highest BCUT2D eigenvalue weighted by atomic mass is 19.4. The Balaban J connectivity index is 0.821. The minimum atomic E-state index is -4.69. The number of ether oxygens (including phenoxy) is 6. The summed E-state index contributed by atoms with van der Waals surface area (Å²) in [7, 11) is 3.34. The highest BCUT2D eigenvalue weighted by molar-refractivity contribution is 6.09. The number of aldehydes is 1. The van der Waals surface area contributed by atoms with Crippen molar-refractivity contribution >= 4 is 45.8 Å². The van der Waals surface area contributed by atoms with E-state index in [2.05, 4.69) is 15.3 Å². The van der Waals surface area contributed by atoms with Crippen molar-refractivity contribution < 1.29 is 60.8 Å². The largest absolute Gasteiger partial charge is 0.491 e. The molecule has 318 valence electrons. The molecule has 1 atom stereocenters. The number of amides is 3. The molecule has 2 aromatic carbocycles. The highest BCUT2D eigenvalue weighted by Crippen LogP contribution is 2.38. The lowest BCUT2D eigenvalue weighted by atomic mass is 10.0. The SMILES string of the molecule is CN(C(=O)c1cc(OCCOCCOCCOCCOCCOc2ncc(-c3ccc4c5cnccc5n(C)c4c3)cc2C(F)(F)F)ccc1C=O)C1CCC(=O)NC1=O. The van der Waals surface area contributed by atoms with Gasteiger partial charge in [0.1, 0.15) is 30.6 Å². The summed E-state index contributed by atoms with van der Waals surface area (Å²) in [4.78, 5) is 57.8. The zero-order valence-electron chi connectivity index (χ0n) is 33.0. The molecule has 0 spiro atoms. The zero-order valence-corrected chi connectivity index (χ0v) is 33.0. The number of imide groups is 1. The smallest absolute Gasteiger partial charge is 0.421 e. The van der Waals surface area contributed by atoms with E-state index in [9.17, 15) is 32.3 Å². The van der Waals surface area contributed by atoms with Crippen LogP contribution in [-0.2, 0) is 41.8 Å². The number of hydrogen-bond acceptors (Lipinski definition) is 12. The predicted octanol–water partition coefficient (Wildman–Crippen LogP) is 5.02. The van der Waals surface area contributed by atoms with Crippen molar-refractivity contribution in [2.24, 2.45) is 7.05 Å². The summed E-state index contributed by atoms with van der Waals surface area (Å²) in [6.45, 7) is 1.85. The van der Waals surface area contributed by atoms with Gasteiger partial charge in [0.05, 0.1) is 63.9 Å². The number of nitrogens with one attached hydrogen (secondary N) is 1. The Morgan fingerprint density at radius 2 is 1.50 bits per heavy atom. The van der Waals surface area contributed by atoms with Gasteiger partial charge in [-0.05, 0) is 48.4 Å². The predicted molar refractivity (Wildman–Crippen MR) is 211 cm³/mol. The quantitative estimate of drug-likeness (QED) is 0.0596. The number of nitrogens with zero attached hydrogens (tertiary/aromatic N) is 4. The van der Waals surface area contributed by atoms with Crippen LogP contribution in [0.15, 0.2) is 67.1 Å². The van der Waals surface area contributed by atoms with Gasteiger partial charge in [-0.15, -0.1) is 0 Å². The Morgan fingerprint density at radius 3 is 2.15 bits per heavy atom. The summed E-state index contributed by atoms with van der Waals surface area (Å²) < 4.78 is 77.1. The fraction of sp³-hybridized carbons (Fsp3) is 0.381. The molecule has 3 aromatic heterocycles. The second-order valence-corrected chi connectivity index (χ2v) is 13.7. The Bertz CT molecular complexity index is 2320. The molecule has 4 heterocycles. The summed E-state index contributed by atoms with van der Waals surface area (Å²) in [6, 6.07) is 12.0. The third-order valence-corrected chi connectivity index (χ3v) is 9.76. The van der Waals surface area contributed by atoms with Gasteiger partial charge in [-0.1, -0.05) is 12.1 Å². The molecule has 0 aliphatic carbocycles. The van der Waals surface area contributed by atoms with Crippen LogP contribution in [0.1, 0.15) is 39.1 Å². The van der Waals surface area contributed by atoms with Crippen LogP contribution in [0.2, 0.25) is 0 Å². The molecule has 1 aliphatic rings. The lowest BCUT2D eigenvalue weighted by Gasteiger charge is -2.30. The van der Waals surface area contributed by atoms with E-state index >= 15 is 0 Å². The molecule has 1 unspecified atom stereocenters. The van der Waals surface area contributed by atoms with Crippen LogP contribution in [0.3, 0.4) is 0 Å². The topological polar surface area (TPSA) is 170 Å². The number of likely N-dealkylation sites (N-methyl/N-ethyl adjacent to an activating group) is 1. The number of aryl methyl sites for hydroxylation is 1. The number of piperidine rings is 1. The van der Waals surface area contributed by atoms with Crippen molar-refractivity contribution in [3.63, 3.8) is 0 Å². The van der Waals surface area contributed by atoms with Gasteiger partial charge < -0.3 is 37.9 Å². The molecule has 6 rings (SSSR count). The maximum atomic E-state index is 14.1. The number of rotatable bonds is 21. The van der Waals surface area contributed by atoms with E-state index in [0.29, 0.717) is 36.4 Å². The number of hydrogen-bond donors (Lipinski definition) is 1. The molecule has 0 radical (unpaired) electrons. The van der Waals surface area contributed by atoms with Crippen molar-refractivity contribution in [3.05, 3.63) is 83.8 Å². The van der Waals surface area contributed by atoms with Crippen molar-refractivity contribution in [2.45, 2.75) is 25.1 Å². The van der Waals surface area contributed by atoms with E-state index < -0.39 is 41.4 Å². The number of pyridine rings is 2. The molecule has 5 aromatic rings. The van der Waals surface area contributed by atoms with E-state index in [1.807, 2.05) is 29.8 Å². The first-order chi connectivity index (χ1) is 29.0. The van der Waals surface area contributed by atoms with Crippen molar-refractivity contribution in [3.8, 4) is 22.8 Å². The van der Waals surface area contributed by atoms with Gasteiger partial charge in [-0.3, -0.25) is 29.5 Å². The van der Waals surface area contributed by atoms with Crippen LogP contribution < -0.4 is 14.8 Å². The van der Waals surface area contributed by atoms with Crippen LogP contribution >= 0.6 is 0 Å². The monoisotopic (exact) mass is 835 g/mol. The molecule has 15 nitrogen and oxygen atoms in total. The Labute approximate surface area is 342 Å². The Kier molecular flexibility index (Phi) is 14.8. The minimum absolute atomic E-state index is 0.0272. The zero-order chi connectivity index (χ0) is 42.6. The van der Waals surface area contributed by atoms with Crippen LogP contribution in [0, 0.1) is 0 Å². The summed E-state index contributed by atoms with van der Waals surface area (Å²) in [5.74, 6) is -1.72. The number of carbonyl (C=O) groups excluding carboxylic acids is 4. The molecule has 60 heavy (non-hydrogen) atoms. The first-order valence-corrected chi connectivity index (χ1v) is 19.1. The van der Waals surface area contributed by atoms with E-state index in [1.165, 1.54) is 30.3 Å². The van der Waals surface area contributed by atoms with Crippen LogP contribution in [0.4, 0.5) is 13.2 Å². The van der Waals surface area contributed by atoms with Crippen LogP contribution in [0.25, 0.3) is 32.9 Å². The van der Waals surface area contributed by atoms with E-state index in [0.717, 1.165) is 27.9 Å². The van der Waals surface area contributed by atoms with Crippen molar-refractivity contribution in [2.75, 3.05) is 73.1 Å². The number of benzene rings is 2. The molecule has 1 saturated heterocycles. The summed E-state index contributed by atoms with van der Waals surface area (Å²) >= 11 is 0. The lowest BCUT2D eigenvalue weighted by Crippen LogP contribution is -2.53. The normalized spacial score (nSPS) is 14.4. The van der Waals surface area contributed by atoms with Crippen LogP contribution in [0.5, 0.6) is 11.6 Å². The lowest BCUT2D eigenvalue weighted by molar-refractivity contribution is -0.139. The van der Waals surface area contributed by atoms with Gasteiger partial charge in [0.2, 0.25) is 17.7 Å². The number of halogens is 3. The Morgan fingerprint density at radius 1 is 0.833 bits per heavy atom. The molecule has 3 amide bonds. The van der Waals surface area contributed by atoms with E-state index in [-0.39, 0.29) is 76.8 Å². The first kappa shape index (κ1) is 43.6.